The van der Waals surface area contributed by atoms with Crippen LogP contribution in [0.25, 0.3) is 0 Å². The molecule has 0 bridgehead atoms. The first kappa shape index (κ1) is 10.5. The van der Waals surface area contributed by atoms with Crippen molar-refractivity contribution in [3.8, 4) is 0 Å². The molecule has 1 aliphatic carbocycles. The summed E-state index contributed by atoms with van der Waals surface area (Å²) in [6.45, 7) is 3.73. The third kappa shape index (κ3) is 1.97. The van der Waals surface area contributed by atoms with Crippen molar-refractivity contribution in [3.05, 3.63) is 29.6 Å². The van der Waals surface area contributed by atoms with Gasteiger partial charge in [-0.25, -0.2) is 4.98 Å². The number of hydrogen-bond donors (Lipinski definition) is 0. The number of rotatable bonds is 3. The quantitative estimate of drug-likeness (QED) is 0.802. The number of hydrogen-bond acceptors (Lipinski definition) is 3. The highest BCUT2D eigenvalue weighted by molar-refractivity contribution is 5.17. The predicted octanol–water partition coefficient (Wildman–Crippen LogP) is 1.42. The van der Waals surface area contributed by atoms with Crippen molar-refractivity contribution in [3.63, 3.8) is 0 Å². The number of imidazole rings is 1. The minimum Gasteiger partial charge on any atom is -0.328 e. The van der Waals surface area contributed by atoms with Gasteiger partial charge in [0.1, 0.15) is 5.69 Å². The minimum absolute atomic E-state index is 0.794. The topological polar surface area (TPSA) is 48.5 Å². The SMILES string of the molecule is CCn1cc(Cn2cnc3c2CCCC3)nn1. The fourth-order valence-electron chi connectivity index (χ4n) is 2.41. The van der Waals surface area contributed by atoms with Crippen LogP contribution in [0.15, 0.2) is 12.5 Å². The molecule has 0 saturated carbocycles. The van der Waals surface area contributed by atoms with E-state index in [1.807, 2.05) is 17.2 Å². The fraction of sp³-hybridized carbons (Fsp3) is 0.583. The van der Waals surface area contributed by atoms with E-state index in [9.17, 15) is 0 Å². The van der Waals surface area contributed by atoms with E-state index in [0.29, 0.717) is 0 Å². The van der Waals surface area contributed by atoms with Gasteiger partial charge in [-0.15, -0.1) is 5.10 Å². The predicted molar refractivity (Wildman–Crippen MR) is 63.7 cm³/mol. The number of aryl methyl sites for hydroxylation is 2. The van der Waals surface area contributed by atoms with Crippen molar-refractivity contribution >= 4 is 0 Å². The summed E-state index contributed by atoms with van der Waals surface area (Å²) in [4.78, 5) is 4.49. The summed E-state index contributed by atoms with van der Waals surface area (Å²) in [5, 5.41) is 8.24. The van der Waals surface area contributed by atoms with Crippen LogP contribution in [0, 0.1) is 0 Å². The Balaban J connectivity index is 1.82. The van der Waals surface area contributed by atoms with Crippen LogP contribution in [-0.2, 0) is 25.9 Å². The molecule has 0 spiro atoms. The average molecular weight is 231 g/mol. The van der Waals surface area contributed by atoms with Crippen LogP contribution >= 0.6 is 0 Å². The third-order valence-corrected chi connectivity index (χ3v) is 3.35. The summed E-state index contributed by atoms with van der Waals surface area (Å²) in [6, 6.07) is 0. The Labute approximate surface area is 100 Å². The van der Waals surface area contributed by atoms with Gasteiger partial charge in [0.05, 0.1) is 24.8 Å². The smallest absolute Gasteiger partial charge is 0.102 e. The molecule has 5 nitrogen and oxygen atoms in total. The standard InChI is InChI=1S/C12H17N5/c1-2-17-8-10(14-15-17)7-16-9-13-11-5-3-4-6-12(11)16/h8-9H,2-7H2,1H3. The molecule has 1 aliphatic rings. The molecule has 0 N–H and O–H groups in total. The lowest BCUT2D eigenvalue weighted by Gasteiger charge is -2.12. The zero-order valence-electron chi connectivity index (χ0n) is 10.1. The number of nitrogens with zero attached hydrogens (tertiary/aromatic N) is 5. The van der Waals surface area contributed by atoms with Crippen molar-refractivity contribution < 1.29 is 0 Å². The van der Waals surface area contributed by atoms with Crippen LogP contribution in [-0.4, -0.2) is 24.5 Å². The zero-order chi connectivity index (χ0) is 11.7. The van der Waals surface area contributed by atoms with Gasteiger partial charge in [-0.05, 0) is 32.6 Å². The molecule has 90 valence electrons. The van der Waals surface area contributed by atoms with Crippen molar-refractivity contribution in [2.45, 2.75) is 45.7 Å². The van der Waals surface area contributed by atoms with Crippen LogP contribution in [0.3, 0.4) is 0 Å². The van der Waals surface area contributed by atoms with Gasteiger partial charge < -0.3 is 4.57 Å². The van der Waals surface area contributed by atoms with Crippen molar-refractivity contribution in [1.82, 2.24) is 24.5 Å². The van der Waals surface area contributed by atoms with Crippen LogP contribution in [0.1, 0.15) is 36.8 Å². The van der Waals surface area contributed by atoms with E-state index in [1.165, 1.54) is 24.2 Å². The molecule has 2 aromatic heterocycles. The normalized spacial score (nSPS) is 14.9. The Hall–Kier alpha value is -1.65. The molecule has 0 amide bonds. The van der Waals surface area contributed by atoms with E-state index in [4.69, 9.17) is 0 Å². The maximum atomic E-state index is 4.49. The van der Waals surface area contributed by atoms with E-state index in [2.05, 4.69) is 26.8 Å². The Morgan fingerprint density at radius 2 is 2.18 bits per heavy atom. The molecule has 0 fully saturated rings. The van der Waals surface area contributed by atoms with E-state index < -0.39 is 0 Å². The summed E-state index contributed by atoms with van der Waals surface area (Å²) in [7, 11) is 0. The molecule has 0 saturated heterocycles. The third-order valence-electron chi connectivity index (χ3n) is 3.35. The zero-order valence-corrected chi connectivity index (χ0v) is 10.1. The first-order valence-corrected chi connectivity index (χ1v) is 6.28. The maximum absolute atomic E-state index is 4.49. The van der Waals surface area contributed by atoms with Gasteiger partial charge in [0, 0.05) is 12.2 Å². The van der Waals surface area contributed by atoms with E-state index in [1.54, 1.807) is 0 Å². The Morgan fingerprint density at radius 1 is 1.29 bits per heavy atom. The highest BCUT2D eigenvalue weighted by Gasteiger charge is 2.15. The number of fused-ring (bicyclic) bond motifs is 1. The van der Waals surface area contributed by atoms with Gasteiger partial charge in [-0.1, -0.05) is 5.21 Å². The van der Waals surface area contributed by atoms with Crippen LogP contribution in [0.4, 0.5) is 0 Å². The lowest BCUT2D eigenvalue weighted by Crippen LogP contribution is -2.09. The monoisotopic (exact) mass is 231 g/mol. The summed E-state index contributed by atoms with van der Waals surface area (Å²) < 4.78 is 4.08. The van der Waals surface area contributed by atoms with E-state index in [0.717, 1.165) is 31.6 Å². The molecule has 5 heteroatoms. The largest absolute Gasteiger partial charge is 0.328 e. The van der Waals surface area contributed by atoms with Gasteiger partial charge in [-0.2, -0.15) is 0 Å². The Bertz CT molecular complexity index is 511. The van der Waals surface area contributed by atoms with Gasteiger partial charge in [0.15, 0.2) is 0 Å². The Kier molecular flexibility index (Phi) is 2.66. The molecule has 0 radical (unpaired) electrons. The number of aromatic nitrogens is 5. The second-order valence-electron chi connectivity index (χ2n) is 4.54. The molecular weight excluding hydrogens is 214 g/mol. The van der Waals surface area contributed by atoms with E-state index in [-0.39, 0.29) is 0 Å². The highest BCUT2D eigenvalue weighted by Crippen LogP contribution is 2.20. The van der Waals surface area contributed by atoms with E-state index >= 15 is 0 Å². The second-order valence-corrected chi connectivity index (χ2v) is 4.54. The lowest BCUT2D eigenvalue weighted by molar-refractivity contribution is 0.621. The van der Waals surface area contributed by atoms with Crippen LogP contribution < -0.4 is 0 Å². The summed E-state index contributed by atoms with van der Waals surface area (Å²) in [5.74, 6) is 0. The molecule has 0 aromatic carbocycles. The van der Waals surface area contributed by atoms with Gasteiger partial charge >= 0.3 is 0 Å². The molecular formula is C12H17N5. The van der Waals surface area contributed by atoms with Gasteiger partial charge in [0.25, 0.3) is 0 Å². The first-order chi connectivity index (χ1) is 8.36. The van der Waals surface area contributed by atoms with Gasteiger partial charge in [-0.3, -0.25) is 4.68 Å². The molecule has 2 aromatic rings. The summed E-state index contributed by atoms with van der Waals surface area (Å²) in [6.07, 6.45) is 8.79. The van der Waals surface area contributed by atoms with Gasteiger partial charge in [0.2, 0.25) is 0 Å². The summed E-state index contributed by atoms with van der Waals surface area (Å²) in [5.41, 5.74) is 3.68. The molecule has 0 unspecified atom stereocenters. The Morgan fingerprint density at radius 3 is 3.00 bits per heavy atom. The second kappa shape index (κ2) is 4.31. The highest BCUT2D eigenvalue weighted by atomic mass is 15.4. The minimum atomic E-state index is 0.794. The summed E-state index contributed by atoms with van der Waals surface area (Å²) >= 11 is 0. The molecule has 2 heterocycles. The van der Waals surface area contributed by atoms with Crippen LogP contribution in [0.5, 0.6) is 0 Å². The lowest BCUT2D eigenvalue weighted by atomic mass is 10.0. The average Bonchev–Trinajstić information content (AvgIpc) is 2.97. The van der Waals surface area contributed by atoms with Crippen molar-refractivity contribution in [2.24, 2.45) is 0 Å². The molecule has 0 aliphatic heterocycles. The molecule has 0 atom stereocenters. The fourth-order valence-corrected chi connectivity index (χ4v) is 2.41. The first-order valence-electron chi connectivity index (χ1n) is 6.28. The maximum Gasteiger partial charge on any atom is 0.102 e. The molecule has 3 rings (SSSR count). The van der Waals surface area contributed by atoms with Crippen LogP contribution in [0.2, 0.25) is 0 Å². The van der Waals surface area contributed by atoms with Crippen molar-refractivity contribution in [1.29, 1.82) is 0 Å². The van der Waals surface area contributed by atoms with Crippen molar-refractivity contribution in [2.75, 3.05) is 0 Å². The molecule has 17 heavy (non-hydrogen) atoms.